The second kappa shape index (κ2) is 5.14. The molecule has 1 aliphatic rings. The second-order valence-corrected chi connectivity index (χ2v) is 4.25. The van der Waals surface area contributed by atoms with E-state index in [1.165, 1.54) is 0 Å². The van der Waals surface area contributed by atoms with Gasteiger partial charge in [0.2, 0.25) is 5.91 Å². The number of unbranched alkanes of at least 4 members (excludes halogenated alkanes) is 2. The lowest BCUT2D eigenvalue weighted by molar-refractivity contribution is -0.141. The zero-order valence-corrected chi connectivity index (χ0v) is 9.40. The number of aliphatic carboxylic acids is 1. The van der Waals surface area contributed by atoms with E-state index in [1.54, 1.807) is 11.9 Å². The molecule has 0 aromatic carbocycles. The van der Waals surface area contributed by atoms with E-state index in [1.807, 2.05) is 0 Å². The van der Waals surface area contributed by atoms with Gasteiger partial charge in [0.25, 0.3) is 0 Å². The summed E-state index contributed by atoms with van der Waals surface area (Å²) in [6, 6.07) is 0. The molecule has 2 atom stereocenters. The summed E-state index contributed by atoms with van der Waals surface area (Å²) in [4.78, 5) is 23.9. The molecule has 1 saturated carbocycles. The molecular formula is C11H19NO3. The summed E-state index contributed by atoms with van der Waals surface area (Å²) < 4.78 is 0. The minimum Gasteiger partial charge on any atom is -0.481 e. The van der Waals surface area contributed by atoms with Crippen LogP contribution in [0.1, 0.15) is 32.6 Å². The number of carbonyl (C=O) groups excluding carboxylic acids is 1. The van der Waals surface area contributed by atoms with E-state index in [2.05, 4.69) is 6.92 Å². The first-order chi connectivity index (χ1) is 7.07. The van der Waals surface area contributed by atoms with E-state index < -0.39 is 11.9 Å². The Morgan fingerprint density at radius 3 is 2.47 bits per heavy atom. The lowest BCUT2D eigenvalue weighted by Gasteiger charge is -2.16. The van der Waals surface area contributed by atoms with Crippen LogP contribution in [-0.4, -0.2) is 35.5 Å². The van der Waals surface area contributed by atoms with Crippen molar-refractivity contribution in [3.8, 4) is 0 Å². The molecule has 0 saturated heterocycles. The van der Waals surface area contributed by atoms with Crippen LogP contribution in [0.2, 0.25) is 0 Å². The molecule has 0 heterocycles. The van der Waals surface area contributed by atoms with Crippen molar-refractivity contribution in [1.29, 1.82) is 0 Å². The molecule has 0 aliphatic heterocycles. The van der Waals surface area contributed by atoms with Gasteiger partial charge in [0.1, 0.15) is 0 Å². The zero-order chi connectivity index (χ0) is 11.4. The first-order valence-corrected chi connectivity index (χ1v) is 5.55. The molecule has 0 aromatic rings. The van der Waals surface area contributed by atoms with Crippen LogP contribution in [0, 0.1) is 11.8 Å². The van der Waals surface area contributed by atoms with E-state index in [0.717, 1.165) is 25.8 Å². The van der Waals surface area contributed by atoms with Crippen LogP contribution in [0.3, 0.4) is 0 Å². The summed E-state index contributed by atoms with van der Waals surface area (Å²) in [5.41, 5.74) is 0. The average Bonchev–Trinajstić information content (AvgIpc) is 2.96. The minimum absolute atomic E-state index is 0.00139. The molecule has 1 rings (SSSR count). The monoisotopic (exact) mass is 213 g/mol. The van der Waals surface area contributed by atoms with Gasteiger partial charge in [-0.15, -0.1) is 0 Å². The van der Waals surface area contributed by atoms with Gasteiger partial charge in [-0.25, -0.2) is 0 Å². The third-order valence-electron chi connectivity index (χ3n) is 2.90. The molecule has 0 spiro atoms. The number of carbonyl (C=O) groups is 2. The quantitative estimate of drug-likeness (QED) is 0.678. The summed E-state index contributed by atoms with van der Waals surface area (Å²) in [5.74, 6) is -1.52. The second-order valence-electron chi connectivity index (χ2n) is 4.25. The zero-order valence-electron chi connectivity index (χ0n) is 9.40. The lowest BCUT2D eigenvalue weighted by atomic mass is 10.2. The number of amides is 1. The van der Waals surface area contributed by atoms with Crippen LogP contribution in [0.15, 0.2) is 0 Å². The highest BCUT2D eigenvalue weighted by atomic mass is 16.4. The Balaban J connectivity index is 2.26. The van der Waals surface area contributed by atoms with E-state index in [0.29, 0.717) is 6.42 Å². The van der Waals surface area contributed by atoms with Gasteiger partial charge in [-0.1, -0.05) is 19.8 Å². The molecule has 0 aromatic heterocycles. The molecule has 4 nitrogen and oxygen atoms in total. The molecule has 15 heavy (non-hydrogen) atoms. The topological polar surface area (TPSA) is 57.6 Å². The largest absolute Gasteiger partial charge is 0.481 e. The van der Waals surface area contributed by atoms with Crippen LogP contribution < -0.4 is 0 Å². The summed E-state index contributed by atoms with van der Waals surface area (Å²) in [6.45, 7) is 2.86. The van der Waals surface area contributed by atoms with Crippen molar-refractivity contribution < 1.29 is 14.7 Å². The third kappa shape index (κ3) is 3.22. The number of nitrogens with zero attached hydrogens (tertiary/aromatic N) is 1. The predicted molar refractivity (Wildman–Crippen MR) is 56.4 cm³/mol. The molecule has 0 radical (unpaired) electrons. The Bertz CT molecular complexity index is 252. The molecular weight excluding hydrogens is 194 g/mol. The van der Waals surface area contributed by atoms with Gasteiger partial charge in [-0.2, -0.15) is 0 Å². The van der Waals surface area contributed by atoms with Crippen molar-refractivity contribution in [2.45, 2.75) is 32.6 Å². The van der Waals surface area contributed by atoms with Gasteiger partial charge < -0.3 is 10.0 Å². The Kier molecular flexibility index (Phi) is 4.12. The average molecular weight is 213 g/mol. The van der Waals surface area contributed by atoms with E-state index >= 15 is 0 Å². The molecule has 0 unspecified atom stereocenters. The number of hydrogen-bond acceptors (Lipinski definition) is 2. The Labute approximate surface area is 90.3 Å². The minimum atomic E-state index is -0.838. The number of carboxylic acid groups (broad SMARTS) is 1. The first kappa shape index (κ1) is 12.0. The molecule has 1 aliphatic carbocycles. The predicted octanol–water partition coefficient (Wildman–Crippen LogP) is 1.36. The molecule has 1 N–H and O–H groups in total. The maximum atomic E-state index is 11.7. The van der Waals surface area contributed by atoms with Crippen molar-refractivity contribution in [2.24, 2.45) is 11.8 Å². The molecule has 1 fully saturated rings. The fourth-order valence-electron chi connectivity index (χ4n) is 1.73. The lowest BCUT2D eigenvalue weighted by Crippen LogP contribution is -2.30. The summed E-state index contributed by atoms with van der Waals surface area (Å²) in [5, 5.41) is 8.70. The maximum Gasteiger partial charge on any atom is 0.307 e. The van der Waals surface area contributed by atoms with Gasteiger partial charge in [0.15, 0.2) is 0 Å². The fraction of sp³-hybridized carbons (Fsp3) is 0.818. The third-order valence-corrected chi connectivity index (χ3v) is 2.90. The molecule has 4 heteroatoms. The summed E-state index contributed by atoms with van der Waals surface area (Å²) >= 11 is 0. The van der Waals surface area contributed by atoms with Gasteiger partial charge in [0.05, 0.1) is 11.8 Å². The SMILES string of the molecule is CCCCCN(C)C(=O)[C@@H]1C[C@@H]1C(=O)O. The van der Waals surface area contributed by atoms with Gasteiger partial charge in [-0.3, -0.25) is 9.59 Å². The van der Waals surface area contributed by atoms with Gasteiger partial charge >= 0.3 is 5.97 Å². The van der Waals surface area contributed by atoms with Crippen LogP contribution in [0.5, 0.6) is 0 Å². The van der Waals surface area contributed by atoms with Crippen molar-refractivity contribution in [2.75, 3.05) is 13.6 Å². The van der Waals surface area contributed by atoms with Crippen molar-refractivity contribution in [1.82, 2.24) is 4.90 Å². The first-order valence-electron chi connectivity index (χ1n) is 5.55. The number of hydrogen-bond donors (Lipinski definition) is 1. The van der Waals surface area contributed by atoms with E-state index in [-0.39, 0.29) is 11.8 Å². The standard InChI is InChI=1S/C11H19NO3/c1-3-4-5-6-12(2)10(13)8-7-9(8)11(14)15/h8-9H,3-7H2,1-2H3,(H,14,15)/t8-,9+/m1/s1. The molecule has 1 amide bonds. The Hall–Kier alpha value is -1.06. The van der Waals surface area contributed by atoms with E-state index in [9.17, 15) is 9.59 Å². The highest BCUT2D eigenvalue weighted by molar-refractivity contribution is 5.89. The number of carboxylic acids is 1. The van der Waals surface area contributed by atoms with Crippen LogP contribution in [0.4, 0.5) is 0 Å². The van der Waals surface area contributed by atoms with Crippen LogP contribution in [-0.2, 0) is 9.59 Å². The normalized spacial score (nSPS) is 23.6. The smallest absolute Gasteiger partial charge is 0.307 e. The van der Waals surface area contributed by atoms with Crippen LogP contribution >= 0.6 is 0 Å². The molecule has 0 bridgehead atoms. The number of rotatable bonds is 6. The Morgan fingerprint density at radius 2 is 2.00 bits per heavy atom. The highest BCUT2D eigenvalue weighted by Gasteiger charge is 2.49. The fourth-order valence-corrected chi connectivity index (χ4v) is 1.73. The maximum absolute atomic E-state index is 11.7. The van der Waals surface area contributed by atoms with Crippen molar-refractivity contribution in [3.05, 3.63) is 0 Å². The Morgan fingerprint density at radius 1 is 1.33 bits per heavy atom. The van der Waals surface area contributed by atoms with Crippen molar-refractivity contribution >= 4 is 11.9 Å². The summed E-state index contributed by atoms with van der Waals surface area (Å²) in [7, 11) is 1.76. The highest BCUT2D eigenvalue weighted by Crippen LogP contribution is 2.39. The molecule has 86 valence electrons. The van der Waals surface area contributed by atoms with Gasteiger partial charge in [0, 0.05) is 13.6 Å². The summed E-state index contributed by atoms with van der Waals surface area (Å²) in [6.07, 6.45) is 3.77. The van der Waals surface area contributed by atoms with Crippen LogP contribution in [0.25, 0.3) is 0 Å². The van der Waals surface area contributed by atoms with Crippen molar-refractivity contribution in [3.63, 3.8) is 0 Å². The van der Waals surface area contributed by atoms with E-state index in [4.69, 9.17) is 5.11 Å². The van der Waals surface area contributed by atoms with Gasteiger partial charge in [-0.05, 0) is 12.8 Å².